The molecule has 0 fully saturated rings. The van der Waals surface area contributed by atoms with Gasteiger partial charge in [-0.25, -0.2) is 0 Å². The summed E-state index contributed by atoms with van der Waals surface area (Å²) in [5.74, 6) is 0.121. The maximum absolute atomic E-state index is 8.80. The molecule has 0 amide bonds. The molecule has 18 heavy (non-hydrogen) atoms. The van der Waals surface area contributed by atoms with Gasteiger partial charge in [-0.05, 0) is 16.7 Å². The number of amidine groups is 1. The molecule has 0 bridgehead atoms. The van der Waals surface area contributed by atoms with Crippen LogP contribution in [-0.2, 0) is 5.33 Å². The van der Waals surface area contributed by atoms with E-state index >= 15 is 0 Å². The van der Waals surface area contributed by atoms with E-state index in [1.807, 2.05) is 48.5 Å². The van der Waals surface area contributed by atoms with Gasteiger partial charge in [0.1, 0.15) is 0 Å². The number of hydrogen-bond acceptors (Lipinski definition) is 2. The third kappa shape index (κ3) is 2.54. The Bertz CT molecular complexity index is 564. The summed E-state index contributed by atoms with van der Waals surface area (Å²) in [5.41, 5.74) is 9.61. The molecular weight excluding hydrogens is 292 g/mol. The number of nitrogens with zero attached hydrogens (tertiary/aromatic N) is 1. The molecule has 0 aromatic heterocycles. The summed E-state index contributed by atoms with van der Waals surface area (Å²) >= 11 is 3.42. The average molecular weight is 305 g/mol. The average Bonchev–Trinajstić information content (AvgIpc) is 2.46. The summed E-state index contributed by atoms with van der Waals surface area (Å²) in [6.45, 7) is 0. The van der Waals surface area contributed by atoms with Gasteiger partial charge in [0.15, 0.2) is 5.84 Å². The molecule has 0 aliphatic heterocycles. The van der Waals surface area contributed by atoms with E-state index in [0.29, 0.717) is 0 Å². The van der Waals surface area contributed by atoms with E-state index in [1.165, 1.54) is 5.56 Å². The molecule has 3 nitrogen and oxygen atoms in total. The molecule has 2 aromatic carbocycles. The fraction of sp³-hybridized carbons (Fsp3) is 0.0714. The van der Waals surface area contributed by atoms with E-state index in [4.69, 9.17) is 10.9 Å². The van der Waals surface area contributed by atoms with Crippen molar-refractivity contribution in [3.8, 4) is 11.1 Å². The molecule has 0 unspecified atom stereocenters. The molecule has 0 saturated heterocycles. The second-order valence-electron chi connectivity index (χ2n) is 3.86. The van der Waals surface area contributed by atoms with E-state index < -0.39 is 0 Å². The maximum Gasteiger partial charge on any atom is 0.170 e. The molecule has 0 atom stereocenters. The summed E-state index contributed by atoms with van der Waals surface area (Å²) < 4.78 is 0. The van der Waals surface area contributed by atoms with E-state index in [1.54, 1.807) is 0 Å². The van der Waals surface area contributed by atoms with Crippen LogP contribution in [0.1, 0.15) is 11.1 Å². The largest absolute Gasteiger partial charge is 0.409 e. The van der Waals surface area contributed by atoms with Crippen molar-refractivity contribution < 1.29 is 5.21 Å². The quantitative estimate of drug-likeness (QED) is 0.300. The van der Waals surface area contributed by atoms with Crippen LogP contribution in [-0.4, -0.2) is 11.0 Å². The monoisotopic (exact) mass is 304 g/mol. The number of alkyl halides is 1. The molecule has 3 N–H and O–H groups in total. The summed E-state index contributed by atoms with van der Waals surface area (Å²) in [4.78, 5) is 0. The molecule has 2 aromatic rings. The van der Waals surface area contributed by atoms with Crippen molar-refractivity contribution in [2.75, 3.05) is 0 Å². The van der Waals surface area contributed by atoms with Crippen LogP contribution in [0, 0.1) is 0 Å². The van der Waals surface area contributed by atoms with Crippen LogP contribution >= 0.6 is 15.9 Å². The van der Waals surface area contributed by atoms with Gasteiger partial charge in [0.2, 0.25) is 0 Å². The first-order valence-corrected chi connectivity index (χ1v) is 6.60. The van der Waals surface area contributed by atoms with Gasteiger partial charge in [0, 0.05) is 10.9 Å². The lowest BCUT2D eigenvalue weighted by Crippen LogP contribution is -2.14. The van der Waals surface area contributed by atoms with Crippen LogP contribution in [0.2, 0.25) is 0 Å². The predicted molar refractivity (Wildman–Crippen MR) is 77.0 cm³/mol. The second kappa shape index (κ2) is 5.69. The number of halogens is 1. The Morgan fingerprint density at radius 2 is 1.78 bits per heavy atom. The number of rotatable bonds is 3. The molecule has 0 aliphatic carbocycles. The summed E-state index contributed by atoms with van der Waals surface area (Å²) in [5, 5.41) is 12.7. The predicted octanol–water partition coefficient (Wildman–Crippen LogP) is 3.34. The molecular formula is C14H13BrN2O. The van der Waals surface area contributed by atoms with Crippen LogP contribution in [0.3, 0.4) is 0 Å². The van der Waals surface area contributed by atoms with Gasteiger partial charge in [-0.2, -0.15) is 0 Å². The Morgan fingerprint density at radius 1 is 1.11 bits per heavy atom. The fourth-order valence-corrected chi connectivity index (χ4v) is 2.16. The third-order valence-corrected chi connectivity index (χ3v) is 3.38. The normalized spacial score (nSPS) is 11.5. The zero-order chi connectivity index (χ0) is 13.0. The Hall–Kier alpha value is -1.81. The highest BCUT2D eigenvalue weighted by Crippen LogP contribution is 2.24. The van der Waals surface area contributed by atoms with E-state index in [-0.39, 0.29) is 5.84 Å². The van der Waals surface area contributed by atoms with Crippen LogP contribution in [0.4, 0.5) is 0 Å². The first-order chi connectivity index (χ1) is 8.76. The number of hydrogen-bond donors (Lipinski definition) is 2. The van der Waals surface area contributed by atoms with Gasteiger partial charge in [0.05, 0.1) is 0 Å². The van der Waals surface area contributed by atoms with Crippen LogP contribution in [0.25, 0.3) is 11.1 Å². The highest BCUT2D eigenvalue weighted by Gasteiger charge is 2.07. The van der Waals surface area contributed by atoms with Crippen molar-refractivity contribution in [1.29, 1.82) is 0 Å². The Balaban J connectivity index is 2.49. The number of nitrogens with two attached hydrogens (primary N) is 1. The smallest absolute Gasteiger partial charge is 0.170 e. The molecule has 2 rings (SSSR count). The summed E-state index contributed by atoms with van der Waals surface area (Å²) in [6.07, 6.45) is 0. The van der Waals surface area contributed by atoms with Gasteiger partial charge < -0.3 is 10.9 Å². The Labute approximate surface area is 114 Å². The van der Waals surface area contributed by atoms with Crippen molar-refractivity contribution in [2.45, 2.75) is 5.33 Å². The molecule has 0 spiro atoms. The van der Waals surface area contributed by atoms with Crippen molar-refractivity contribution in [3.63, 3.8) is 0 Å². The minimum Gasteiger partial charge on any atom is -0.409 e. The van der Waals surface area contributed by atoms with Crippen LogP contribution in [0.15, 0.2) is 53.7 Å². The molecule has 92 valence electrons. The van der Waals surface area contributed by atoms with Crippen molar-refractivity contribution in [3.05, 3.63) is 59.7 Å². The molecule has 0 heterocycles. The molecule has 0 radical (unpaired) electrons. The van der Waals surface area contributed by atoms with Gasteiger partial charge in [0.25, 0.3) is 0 Å². The third-order valence-electron chi connectivity index (χ3n) is 2.73. The highest BCUT2D eigenvalue weighted by molar-refractivity contribution is 9.08. The summed E-state index contributed by atoms with van der Waals surface area (Å²) in [7, 11) is 0. The minimum absolute atomic E-state index is 0.121. The maximum atomic E-state index is 8.80. The second-order valence-corrected chi connectivity index (χ2v) is 4.42. The van der Waals surface area contributed by atoms with Gasteiger partial charge in [-0.3, -0.25) is 0 Å². The first-order valence-electron chi connectivity index (χ1n) is 5.48. The standard InChI is InChI=1S/C14H13BrN2O/c15-9-10-5-7-11(8-6-10)12-3-1-2-4-13(12)14(16)17-18/h1-8,18H,9H2,(H2,16,17). The van der Waals surface area contributed by atoms with Crippen molar-refractivity contribution in [1.82, 2.24) is 0 Å². The van der Waals surface area contributed by atoms with Gasteiger partial charge in [-0.15, -0.1) is 0 Å². The lowest BCUT2D eigenvalue weighted by molar-refractivity contribution is 0.318. The fourth-order valence-electron chi connectivity index (χ4n) is 1.79. The van der Waals surface area contributed by atoms with E-state index in [0.717, 1.165) is 22.0 Å². The zero-order valence-electron chi connectivity index (χ0n) is 9.68. The van der Waals surface area contributed by atoms with Crippen molar-refractivity contribution >= 4 is 21.8 Å². The minimum atomic E-state index is 0.121. The van der Waals surface area contributed by atoms with E-state index in [2.05, 4.69) is 21.1 Å². The number of oxime groups is 1. The van der Waals surface area contributed by atoms with Gasteiger partial charge in [-0.1, -0.05) is 69.6 Å². The summed E-state index contributed by atoms with van der Waals surface area (Å²) in [6, 6.07) is 15.7. The molecule has 0 aliphatic rings. The lowest BCUT2D eigenvalue weighted by Gasteiger charge is -2.08. The topological polar surface area (TPSA) is 58.6 Å². The Kier molecular flexibility index (Phi) is 3.99. The van der Waals surface area contributed by atoms with E-state index in [9.17, 15) is 0 Å². The SMILES string of the molecule is N/C(=N\O)c1ccccc1-c1ccc(CBr)cc1. The highest BCUT2D eigenvalue weighted by atomic mass is 79.9. The Morgan fingerprint density at radius 3 is 2.39 bits per heavy atom. The van der Waals surface area contributed by atoms with Gasteiger partial charge >= 0.3 is 0 Å². The molecule has 0 saturated carbocycles. The first kappa shape index (κ1) is 12.6. The lowest BCUT2D eigenvalue weighted by atomic mass is 9.98. The van der Waals surface area contributed by atoms with Crippen LogP contribution in [0.5, 0.6) is 0 Å². The zero-order valence-corrected chi connectivity index (χ0v) is 11.3. The van der Waals surface area contributed by atoms with Crippen LogP contribution < -0.4 is 5.73 Å². The number of benzene rings is 2. The van der Waals surface area contributed by atoms with Crippen molar-refractivity contribution in [2.24, 2.45) is 10.9 Å². The molecule has 4 heteroatoms.